The molecule has 1 atom stereocenters. The Labute approximate surface area is 132 Å². The maximum absolute atomic E-state index is 11.8. The average molecular weight is 377 g/mol. The van der Waals surface area contributed by atoms with Gasteiger partial charge in [-0.15, -0.1) is 0 Å². The molecule has 23 heavy (non-hydrogen) atoms. The molecule has 11 nitrogen and oxygen atoms in total. The van der Waals surface area contributed by atoms with Crippen LogP contribution in [0.2, 0.25) is 0 Å². The Morgan fingerprint density at radius 2 is 1.78 bits per heavy atom. The van der Waals surface area contributed by atoms with Crippen molar-refractivity contribution in [3.8, 4) is 0 Å². The minimum absolute atomic E-state index is 0.0355. The highest BCUT2D eigenvalue weighted by atomic mass is 31.2. The number of hydrogen-bond donors (Lipinski definition) is 6. The molecule has 1 aliphatic heterocycles. The number of amides is 1. The summed E-state index contributed by atoms with van der Waals surface area (Å²) < 4.78 is 32.8. The van der Waals surface area contributed by atoms with Gasteiger partial charge in [-0.1, -0.05) is 0 Å². The molecule has 1 aliphatic rings. The van der Waals surface area contributed by atoms with Crippen molar-refractivity contribution in [2.45, 2.75) is 43.7 Å². The van der Waals surface area contributed by atoms with Crippen LogP contribution in [0.25, 0.3) is 0 Å². The van der Waals surface area contributed by atoms with Gasteiger partial charge in [0.15, 0.2) is 11.9 Å². The third kappa shape index (κ3) is 5.06. The van der Waals surface area contributed by atoms with Crippen LogP contribution in [0, 0.1) is 0 Å². The van der Waals surface area contributed by atoms with E-state index in [2.05, 4.69) is 5.32 Å². The molecule has 13 heteroatoms. The zero-order chi connectivity index (χ0) is 18.1. The number of nitrogens with one attached hydrogen (secondary N) is 1. The Balaban J connectivity index is 2.52. The number of carbonyl (C=O) groups is 1. The smallest absolute Gasteiger partial charge is 0.368 e. The zero-order valence-electron chi connectivity index (χ0n) is 12.6. The summed E-state index contributed by atoms with van der Waals surface area (Å²) in [6.45, 7) is 3.12. The molecule has 0 spiro atoms. The highest BCUT2D eigenvalue weighted by Crippen LogP contribution is 2.69. The molecule has 1 rings (SSSR count). The van der Waals surface area contributed by atoms with E-state index in [1.807, 2.05) is 0 Å². The lowest BCUT2D eigenvalue weighted by Crippen LogP contribution is -2.38. The van der Waals surface area contributed by atoms with E-state index in [-0.39, 0.29) is 19.6 Å². The van der Waals surface area contributed by atoms with Crippen LogP contribution in [-0.2, 0) is 23.4 Å². The van der Waals surface area contributed by atoms with E-state index in [0.717, 1.165) is 0 Å². The molecule has 0 saturated carbocycles. The molecule has 0 radical (unpaired) electrons. The van der Waals surface area contributed by atoms with Crippen LogP contribution in [0.4, 0.5) is 0 Å². The van der Waals surface area contributed by atoms with Gasteiger partial charge in [0.2, 0.25) is 0 Å². The van der Waals surface area contributed by atoms with Gasteiger partial charge < -0.3 is 39.5 Å². The van der Waals surface area contributed by atoms with E-state index in [9.17, 15) is 19.0 Å². The predicted molar refractivity (Wildman–Crippen MR) is 76.2 cm³/mol. The van der Waals surface area contributed by atoms with Crippen LogP contribution < -0.4 is 5.32 Å². The van der Waals surface area contributed by atoms with E-state index in [1.54, 1.807) is 13.8 Å². The summed E-state index contributed by atoms with van der Waals surface area (Å²) in [7, 11) is -11.0. The third-order valence-corrected chi connectivity index (χ3v) is 7.10. The van der Waals surface area contributed by atoms with Crippen LogP contribution in [0.15, 0.2) is 0 Å². The molecular formula is C10H21NO10P2. The van der Waals surface area contributed by atoms with Gasteiger partial charge in [-0.2, -0.15) is 0 Å². The topological polar surface area (TPSA) is 183 Å². The van der Waals surface area contributed by atoms with Crippen molar-refractivity contribution < 1.29 is 48.1 Å². The average Bonchev–Trinajstić information content (AvgIpc) is 2.71. The molecule has 0 bridgehead atoms. The summed E-state index contributed by atoms with van der Waals surface area (Å²) >= 11 is 0. The molecule has 1 fully saturated rings. The first-order valence-electron chi connectivity index (χ1n) is 6.63. The largest absolute Gasteiger partial charge is 0.369 e. The SMILES string of the molecule is CC1(C)OC[C@@H](C(=O)NCCCC(O)(P(=O)(O)O)P(=O)(O)O)O1. The lowest BCUT2D eigenvalue weighted by atomic mass is 10.3. The second-order valence-corrected chi connectivity index (χ2v) is 9.58. The Kier molecular flexibility index (Phi) is 6.18. The highest BCUT2D eigenvalue weighted by molar-refractivity contribution is 7.72. The van der Waals surface area contributed by atoms with E-state index >= 15 is 0 Å². The molecule has 0 unspecified atom stereocenters. The summed E-state index contributed by atoms with van der Waals surface area (Å²) in [5, 5.41) is 8.55. The van der Waals surface area contributed by atoms with Crippen LogP contribution in [0.5, 0.6) is 0 Å². The Morgan fingerprint density at radius 1 is 1.26 bits per heavy atom. The number of aliphatic hydroxyl groups is 1. The Morgan fingerprint density at radius 3 is 2.17 bits per heavy atom. The standard InChI is InChI=1S/C10H21NO10P2/c1-9(2)20-6-7(21-9)8(12)11-5-3-4-10(13,22(14,15)16)23(17,18)19/h7,13H,3-6H2,1-2H3,(H,11,12)(H2,14,15,16)(H2,17,18,19)/t7-/m0/s1. The zero-order valence-corrected chi connectivity index (χ0v) is 14.4. The molecule has 136 valence electrons. The summed E-state index contributed by atoms with van der Waals surface area (Å²) in [6, 6.07) is 0. The van der Waals surface area contributed by atoms with Gasteiger partial charge in [-0.05, 0) is 20.3 Å². The lowest BCUT2D eigenvalue weighted by molar-refractivity contribution is -0.153. The molecule has 0 aromatic carbocycles. The van der Waals surface area contributed by atoms with Crippen molar-refractivity contribution in [1.82, 2.24) is 5.32 Å². The number of rotatable bonds is 7. The van der Waals surface area contributed by atoms with Crippen LogP contribution in [-0.4, -0.2) is 60.7 Å². The van der Waals surface area contributed by atoms with Crippen molar-refractivity contribution >= 4 is 21.1 Å². The number of hydrogen-bond acceptors (Lipinski definition) is 6. The first-order valence-corrected chi connectivity index (χ1v) is 9.85. The van der Waals surface area contributed by atoms with Crippen molar-refractivity contribution in [3.63, 3.8) is 0 Å². The summed E-state index contributed by atoms with van der Waals surface area (Å²) in [6.07, 6.45) is -2.02. The van der Waals surface area contributed by atoms with Gasteiger partial charge >= 0.3 is 15.2 Å². The molecule has 1 amide bonds. The van der Waals surface area contributed by atoms with E-state index in [1.165, 1.54) is 0 Å². The first kappa shape index (κ1) is 20.7. The van der Waals surface area contributed by atoms with Crippen LogP contribution >= 0.6 is 15.2 Å². The third-order valence-electron chi connectivity index (χ3n) is 3.22. The summed E-state index contributed by atoms with van der Waals surface area (Å²) in [5.41, 5.74) is 0. The predicted octanol–water partition coefficient (Wildman–Crippen LogP) is -0.964. The van der Waals surface area contributed by atoms with Crippen LogP contribution in [0.1, 0.15) is 26.7 Å². The molecule has 6 N–H and O–H groups in total. The summed E-state index contributed by atoms with van der Waals surface area (Å²) in [5.74, 6) is -1.44. The molecule has 0 aromatic heterocycles. The molecule has 1 saturated heterocycles. The lowest BCUT2D eigenvalue weighted by Gasteiger charge is -2.29. The fraction of sp³-hybridized carbons (Fsp3) is 0.900. The fourth-order valence-electron chi connectivity index (χ4n) is 1.93. The van der Waals surface area contributed by atoms with E-state index < -0.39 is 44.5 Å². The Bertz CT molecular complexity index is 516. The summed E-state index contributed by atoms with van der Waals surface area (Å²) in [4.78, 5) is 47.6. The Hall–Kier alpha value is -0.350. The molecule has 0 aromatic rings. The first-order chi connectivity index (χ1) is 10.2. The highest BCUT2D eigenvalue weighted by Gasteiger charge is 2.58. The van der Waals surface area contributed by atoms with Gasteiger partial charge in [-0.25, -0.2) is 0 Å². The van der Waals surface area contributed by atoms with Crippen molar-refractivity contribution in [3.05, 3.63) is 0 Å². The van der Waals surface area contributed by atoms with Crippen molar-refractivity contribution in [2.75, 3.05) is 13.2 Å². The molecule has 0 aliphatic carbocycles. The fourth-order valence-corrected chi connectivity index (χ4v) is 4.18. The van der Waals surface area contributed by atoms with Gasteiger partial charge in [0.1, 0.15) is 0 Å². The van der Waals surface area contributed by atoms with E-state index in [0.29, 0.717) is 0 Å². The second kappa shape index (κ2) is 6.87. The monoisotopic (exact) mass is 377 g/mol. The van der Waals surface area contributed by atoms with Gasteiger partial charge in [0.25, 0.3) is 11.0 Å². The maximum atomic E-state index is 11.8. The van der Waals surface area contributed by atoms with Gasteiger partial charge in [-0.3, -0.25) is 13.9 Å². The van der Waals surface area contributed by atoms with Crippen LogP contribution in [0.3, 0.4) is 0 Å². The number of ether oxygens (including phenoxy) is 2. The van der Waals surface area contributed by atoms with Gasteiger partial charge in [0, 0.05) is 13.0 Å². The van der Waals surface area contributed by atoms with Gasteiger partial charge in [0.05, 0.1) is 6.61 Å². The normalized spacial score (nSPS) is 22.1. The quantitative estimate of drug-likeness (QED) is 0.238. The molecular weight excluding hydrogens is 356 g/mol. The second-order valence-electron chi connectivity index (χ2n) is 5.57. The minimum Gasteiger partial charge on any atom is -0.368 e. The maximum Gasteiger partial charge on any atom is 0.369 e. The number of carbonyl (C=O) groups excluding carboxylic acids is 1. The van der Waals surface area contributed by atoms with Crippen molar-refractivity contribution in [2.24, 2.45) is 0 Å². The van der Waals surface area contributed by atoms with Crippen molar-refractivity contribution in [1.29, 1.82) is 0 Å². The van der Waals surface area contributed by atoms with E-state index in [4.69, 9.17) is 29.0 Å². The molecule has 1 heterocycles. The minimum atomic E-state index is -5.48.